The van der Waals surface area contributed by atoms with Gasteiger partial charge in [0.15, 0.2) is 17.7 Å². The average Bonchev–Trinajstić information content (AvgIpc) is 2.75. The predicted molar refractivity (Wildman–Crippen MR) is 110 cm³/mol. The number of hydrogen-bond acceptors (Lipinski definition) is 4. The van der Waals surface area contributed by atoms with E-state index in [2.05, 4.69) is 4.90 Å². The van der Waals surface area contributed by atoms with Crippen LogP contribution in [0.1, 0.15) is 19.4 Å². The highest BCUT2D eigenvalue weighted by atomic mass is 19.2. The van der Waals surface area contributed by atoms with Crippen LogP contribution in [-0.4, -0.2) is 60.7 Å². The molecule has 0 bridgehead atoms. The normalized spacial score (nSPS) is 16.7. The van der Waals surface area contributed by atoms with Gasteiger partial charge in [0, 0.05) is 38.3 Å². The zero-order valence-corrected chi connectivity index (χ0v) is 17.4. The number of halogens is 2. The Hall–Kier alpha value is -2.51. The van der Waals surface area contributed by atoms with Crippen molar-refractivity contribution in [3.8, 4) is 5.75 Å². The molecule has 1 aliphatic rings. The van der Waals surface area contributed by atoms with Gasteiger partial charge in [0.25, 0.3) is 5.91 Å². The highest BCUT2D eigenvalue weighted by Gasteiger charge is 2.28. The van der Waals surface area contributed by atoms with Crippen LogP contribution in [0.4, 0.5) is 8.78 Å². The van der Waals surface area contributed by atoms with Gasteiger partial charge in [0.1, 0.15) is 5.75 Å². The fourth-order valence-electron chi connectivity index (χ4n) is 3.53. The molecule has 0 saturated carbocycles. The fourth-order valence-corrected chi connectivity index (χ4v) is 3.53. The lowest BCUT2D eigenvalue weighted by Crippen LogP contribution is -2.50. The number of benzene rings is 2. The Kier molecular flexibility index (Phi) is 7.76. The molecule has 2 unspecified atom stereocenters. The maximum absolute atomic E-state index is 13.5. The van der Waals surface area contributed by atoms with Gasteiger partial charge in [-0.05, 0) is 31.5 Å². The Bertz CT molecular complexity index is 828. The molecule has 1 saturated heterocycles. The van der Waals surface area contributed by atoms with Crippen LogP contribution in [0.15, 0.2) is 48.5 Å². The second-order valence-electron chi connectivity index (χ2n) is 7.55. The Morgan fingerprint density at radius 1 is 1.10 bits per heavy atom. The van der Waals surface area contributed by atoms with Crippen LogP contribution >= 0.6 is 0 Å². The SMILES string of the molecule is CC(Oc1ccc(F)c(F)c1)C(=O)N(Cc1ccccc1)C(C)CN1CCOCC1. The van der Waals surface area contributed by atoms with Gasteiger partial charge in [0.2, 0.25) is 0 Å². The van der Waals surface area contributed by atoms with Gasteiger partial charge in [-0.1, -0.05) is 30.3 Å². The Morgan fingerprint density at radius 2 is 1.80 bits per heavy atom. The van der Waals surface area contributed by atoms with E-state index < -0.39 is 17.7 Å². The van der Waals surface area contributed by atoms with Gasteiger partial charge in [0.05, 0.1) is 13.2 Å². The summed E-state index contributed by atoms with van der Waals surface area (Å²) >= 11 is 0. The fraction of sp³-hybridized carbons (Fsp3) is 0.435. The second-order valence-corrected chi connectivity index (χ2v) is 7.55. The third kappa shape index (κ3) is 6.00. The Morgan fingerprint density at radius 3 is 2.47 bits per heavy atom. The van der Waals surface area contributed by atoms with Crippen LogP contribution in [0.5, 0.6) is 5.75 Å². The lowest BCUT2D eigenvalue weighted by molar-refractivity contribution is -0.141. The average molecular weight is 418 g/mol. The van der Waals surface area contributed by atoms with E-state index in [1.165, 1.54) is 6.07 Å². The summed E-state index contributed by atoms with van der Waals surface area (Å²) in [6.07, 6.45) is -0.842. The van der Waals surface area contributed by atoms with E-state index >= 15 is 0 Å². The number of rotatable bonds is 8. The van der Waals surface area contributed by atoms with Crippen LogP contribution < -0.4 is 4.74 Å². The number of carbonyl (C=O) groups is 1. The highest BCUT2D eigenvalue weighted by molar-refractivity contribution is 5.81. The quantitative estimate of drug-likeness (QED) is 0.658. The molecule has 0 aromatic heterocycles. The molecule has 0 N–H and O–H groups in total. The van der Waals surface area contributed by atoms with E-state index in [9.17, 15) is 13.6 Å². The molecule has 162 valence electrons. The maximum atomic E-state index is 13.5. The molecule has 7 heteroatoms. The van der Waals surface area contributed by atoms with E-state index in [4.69, 9.17) is 9.47 Å². The van der Waals surface area contributed by atoms with E-state index in [-0.39, 0.29) is 17.7 Å². The summed E-state index contributed by atoms with van der Waals surface area (Å²) in [6.45, 7) is 7.85. The number of morpholine rings is 1. The lowest BCUT2D eigenvalue weighted by atomic mass is 10.1. The molecule has 1 amide bonds. The standard InChI is InChI=1S/C23H28F2N2O3/c1-17(15-26-10-12-29-13-11-26)27(16-19-6-4-3-5-7-19)23(28)18(2)30-20-8-9-21(24)22(25)14-20/h3-9,14,17-18H,10-13,15-16H2,1-2H3. The molecule has 30 heavy (non-hydrogen) atoms. The summed E-state index contributed by atoms with van der Waals surface area (Å²) in [5, 5.41) is 0. The van der Waals surface area contributed by atoms with Crippen molar-refractivity contribution in [3.63, 3.8) is 0 Å². The summed E-state index contributed by atoms with van der Waals surface area (Å²) in [4.78, 5) is 17.3. The van der Waals surface area contributed by atoms with Gasteiger partial charge in [-0.25, -0.2) is 8.78 Å². The number of nitrogens with zero attached hydrogens (tertiary/aromatic N) is 2. The number of ether oxygens (including phenoxy) is 2. The summed E-state index contributed by atoms with van der Waals surface area (Å²) in [5.74, 6) is -2.04. The minimum atomic E-state index is -1.01. The van der Waals surface area contributed by atoms with Gasteiger partial charge < -0.3 is 14.4 Å². The van der Waals surface area contributed by atoms with Gasteiger partial charge in [-0.3, -0.25) is 9.69 Å². The zero-order chi connectivity index (χ0) is 21.5. The van der Waals surface area contributed by atoms with Crippen LogP contribution in [0.25, 0.3) is 0 Å². The van der Waals surface area contributed by atoms with Crippen molar-refractivity contribution >= 4 is 5.91 Å². The van der Waals surface area contributed by atoms with Crippen molar-refractivity contribution in [2.24, 2.45) is 0 Å². The van der Waals surface area contributed by atoms with Crippen LogP contribution in [0.3, 0.4) is 0 Å². The molecule has 2 atom stereocenters. The summed E-state index contributed by atoms with van der Waals surface area (Å²) in [6, 6.07) is 13.0. The number of hydrogen-bond donors (Lipinski definition) is 0. The first kappa shape index (κ1) is 22.2. The van der Waals surface area contributed by atoms with Crippen molar-refractivity contribution in [2.75, 3.05) is 32.8 Å². The summed E-state index contributed by atoms with van der Waals surface area (Å²) in [7, 11) is 0. The van der Waals surface area contributed by atoms with Gasteiger partial charge in [-0.15, -0.1) is 0 Å². The first-order chi connectivity index (χ1) is 14.4. The minimum absolute atomic E-state index is 0.0631. The Balaban J connectivity index is 1.72. The summed E-state index contributed by atoms with van der Waals surface area (Å²) in [5.41, 5.74) is 1.01. The van der Waals surface area contributed by atoms with Gasteiger partial charge >= 0.3 is 0 Å². The van der Waals surface area contributed by atoms with Crippen LogP contribution in [-0.2, 0) is 16.1 Å². The second kappa shape index (κ2) is 10.5. The Labute approximate surface area is 176 Å². The number of amides is 1. The molecular formula is C23H28F2N2O3. The van der Waals surface area contributed by atoms with Crippen molar-refractivity contribution in [1.29, 1.82) is 0 Å². The molecule has 0 aliphatic carbocycles. The molecule has 2 aromatic rings. The molecule has 2 aromatic carbocycles. The van der Waals surface area contributed by atoms with Crippen molar-refractivity contribution < 1.29 is 23.0 Å². The van der Waals surface area contributed by atoms with E-state index in [0.717, 1.165) is 37.3 Å². The molecule has 1 fully saturated rings. The third-order valence-electron chi connectivity index (χ3n) is 5.19. The molecule has 3 rings (SSSR count). The van der Waals surface area contributed by atoms with E-state index in [1.54, 1.807) is 11.8 Å². The molecule has 1 heterocycles. The summed E-state index contributed by atoms with van der Waals surface area (Å²) < 4.78 is 37.7. The highest BCUT2D eigenvalue weighted by Crippen LogP contribution is 2.19. The van der Waals surface area contributed by atoms with Crippen LogP contribution in [0, 0.1) is 11.6 Å². The maximum Gasteiger partial charge on any atom is 0.263 e. The molecule has 5 nitrogen and oxygen atoms in total. The predicted octanol–water partition coefficient (Wildman–Crippen LogP) is 3.48. The monoisotopic (exact) mass is 418 g/mol. The topological polar surface area (TPSA) is 42.0 Å². The largest absolute Gasteiger partial charge is 0.481 e. The van der Waals surface area contributed by atoms with E-state index in [1.807, 2.05) is 37.3 Å². The minimum Gasteiger partial charge on any atom is -0.481 e. The molecule has 0 radical (unpaired) electrons. The molecular weight excluding hydrogens is 390 g/mol. The van der Waals surface area contributed by atoms with E-state index in [0.29, 0.717) is 19.8 Å². The van der Waals surface area contributed by atoms with Crippen molar-refractivity contribution in [2.45, 2.75) is 32.5 Å². The van der Waals surface area contributed by atoms with Crippen molar-refractivity contribution in [3.05, 3.63) is 65.7 Å². The van der Waals surface area contributed by atoms with Crippen molar-refractivity contribution in [1.82, 2.24) is 9.80 Å². The first-order valence-corrected chi connectivity index (χ1v) is 10.2. The van der Waals surface area contributed by atoms with Crippen LogP contribution in [0.2, 0.25) is 0 Å². The number of carbonyl (C=O) groups excluding carboxylic acids is 1. The zero-order valence-electron chi connectivity index (χ0n) is 17.4. The molecule has 1 aliphatic heterocycles. The smallest absolute Gasteiger partial charge is 0.263 e. The lowest BCUT2D eigenvalue weighted by Gasteiger charge is -2.36. The third-order valence-corrected chi connectivity index (χ3v) is 5.19. The van der Waals surface area contributed by atoms with Gasteiger partial charge in [-0.2, -0.15) is 0 Å². The first-order valence-electron chi connectivity index (χ1n) is 10.2. The molecule has 0 spiro atoms.